The van der Waals surface area contributed by atoms with Crippen LogP contribution in [0, 0.1) is 5.92 Å². The van der Waals surface area contributed by atoms with Crippen LogP contribution in [0.25, 0.3) is 0 Å². The normalized spacial score (nSPS) is 17.1. The zero-order chi connectivity index (χ0) is 13.0. The van der Waals surface area contributed by atoms with Gasteiger partial charge in [0.15, 0.2) is 9.84 Å². The van der Waals surface area contributed by atoms with E-state index in [9.17, 15) is 8.42 Å². The Morgan fingerprint density at radius 3 is 2.12 bits per heavy atom. The van der Waals surface area contributed by atoms with Gasteiger partial charge < -0.3 is 10.4 Å². The van der Waals surface area contributed by atoms with Gasteiger partial charge in [-0.1, -0.05) is 6.92 Å². The predicted octanol–water partition coefficient (Wildman–Crippen LogP) is 0.806. The lowest BCUT2D eigenvalue weighted by Gasteiger charge is -2.22. The van der Waals surface area contributed by atoms with Crippen molar-refractivity contribution in [2.75, 3.05) is 18.9 Å². The molecule has 0 amide bonds. The third-order valence-electron chi connectivity index (χ3n) is 2.91. The highest BCUT2D eigenvalue weighted by atomic mass is 32.2. The lowest BCUT2D eigenvalue weighted by atomic mass is 10.1. The fourth-order valence-corrected chi connectivity index (χ4v) is 2.09. The molecule has 0 heterocycles. The number of nitrogens with one attached hydrogen (secondary N) is 1. The predicted molar refractivity (Wildman–Crippen MR) is 67.3 cm³/mol. The molecule has 98 valence electrons. The van der Waals surface area contributed by atoms with Crippen molar-refractivity contribution in [3.8, 4) is 0 Å². The van der Waals surface area contributed by atoms with Crippen LogP contribution in [0.1, 0.15) is 34.6 Å². The zero-order valence-corrected chi connectivity index (χ0v) is 11.8. The molecular formula is C11H25NO3S. The van der Waals surface area contributed by atoms with Gasteiger partial charge in [0.25, 0.3) is 0 Å². The van der Waals surface area contributed by atoms with Crippen LogP contribution in [0.2, 0.25) is 0 Å². The maximum atomic E-state index is 11.8. The Kier molecular flexibility index (Phi) is 5.93. The Hall–Kier alpha value is -0.130. The average Bonchev–Trinajstić information content (AvgIpc) is 2.14. The van der Waals surface area contributed by atoms with E-state index >= 15 is 0 Å². The van der Waals surface area contributed by atoms with E-state index in [-0.39, 0.29) is 24.3 Å². The summed E-state index contributed by atoms with van der Waals surface area (Å²) in [6.45, 7) is 9.55. The molecule has 0 aliphatic heterocycles. The SMILES string of the molecule is CC(CO)C(C)NCCS(=O)(=O)C(C)(C)C. The second kappa shape index (κ2) is 5.98. The first-order valence-electron chi connectivity index (χ1n) is 5.68. The number of aliphatic hydroxyl groups is 1. The van der Waals surface area contributed by atoms with Crippen molar-refractivity contribution in [2.24, 2.45) is 5.92 Å². The van der Waals surface area contributed by atoms with Crippen LogP contribution in [0.5, 0.6) is 0 Å². The summed E-state index contributed by atoms with van der Waals surface area (Å²) < 4.78 is 22.9. The number of hydrogen-bond donors (Lipinski definition) is 2. The molecule has 0 rings (SSSR count). The first-order chi connectivity index (χ1) is 7.12. The first kappa shape index (κ1) is 15.9. The molecule has 16 heavy (non-hydrogen) atoms. The summed E-state index contributed by atoms with van der Waals surface area (Å²) in [4.78, 5) is 0. The van der Waals surface area contributed by atoms with Gasteiger partial charge in [-0.3, -0.25) is 0 Å². The van der Waals surface area contributed by atoms with Crippen LogP contribution >= 0.6 is 0 Å². The molecule has 0 saturated carbocycles. The van der Waals surface area contributed by atoms with Gasteiger partial charge in [0.05, 0.1) is 10.5 Å². The minimum absolute atomic E-state index is 0.111. The monoisotopic (exact) mass is 251 g/mol. The Bertz CT molecular complexity index is 293. The fourth-order valence-electron chi connectivity index (χ4n) is 1.09. The second-order valence-corrected chi connectivity index (χ2v) is 8.20. The van der Waals surface area contributed by atoms with Crippen LogP contribution in [-0.2, 0) is 9.84 Å². The van der Waals surface area contributed by atoms with E-state index in [1.807, 2.05) is 13.8 Å². The summed E-state index contributed by atoms with van der Waals surface area (Å²) in [6, 6.07) is 0.125. The van der Waals surface area contributed by atoms with Crippen LogP contribution in [-0.4, -0.2) is 43.2 Å². The maximum Gasteiger partial charge on any atom is 0.156 e. The quantitative estimate of drug-likeness (QED) is 0.733. The molecule has 0 aromatic heterocycles. The Labute approximate surface area is 99.4 Å². The highest BCUT2D eigenvalue weighted by Gasteiger charge is 2.28. The molecule has 2 N–H and O–H groups in total. The molecular weight excluding hydrogens is 226 g/mol. The summed E-state index contributed by atoms with van der Waals surface area (Å²) in [6.07, 6.45) is 0. The average molecular weight is 251 g/mol. The van der Waals surface area contributed by atoms with Crippen LogP contribution < -0.4 is 5.32 Å². The lowest BCUT2D eigenvalue weighted by molar-refractivity contribution is 0.208. The van der Waals surface area contributed by atoms with E-state index in [4.69, 9.17) is 5.11 Å². The topological polar surface area (TPSA) is 66.4 Å². The minimum atomic E-state index is -3.05. The van der Waals surface area contributed by atoms with Gasteiger partial charge in [-0.2, -0.15) is 0 Å². The molecule has 2 unspecified atom stereocenters. The summed E-state index contributed by atoms with van der Waals surface area (Å²) in [5, 5.41) is 12.1. The van der Waals surface area contributed by atoms with Crippen molar-refractivity contribution in [2.45, 2.75) is 45.4 Å². The Balaban J connectivity index is 4.10. The molecule has 4 nitrogen and oxygen atoms in total. The third-order valence-corrected chi connectivity index (χ3v) is 5.52. The molecule has 2 atom stereocenters. The molecule has 0 saturated heterocycles. The minimum Gasteiger partial charge on any atom is -0.396 e. The van der Waals surface area contributed by atoms with E-state index in [1.165, 1.54) is 0 Å². The van der Waals surface area contributed by atoms with E-state index in [0.29, 0.717) is 6.54 Å². The maximum absolute atomic E-state index is 11.8. The molecule has 0 aromatic rings. The van der Waals surface area contributed by atoms with Gasteiger partial charge in [0.1, 0.15) is 0 Å². The zero-order valence-electron chi connectivity index (χ0n) is 10.9. The molecule has 0 fully saturated rings. The third kappa shape index (κ3) is 4.80. The highest BCUT2D eigenvalue weighted by Crippen LogP contribution is 2.15. The Morgan fingerprint density at radius 2 is 1.75 bits per heavy atom. The summed E-state index contributed by atoms with van der Waals surface area (Å²) in [5.41, 5.74) is 0. The van der Waals surface area contributed by atoms with Gasteiger partial charge in [-0.05, 0) is 33.6 Å². The number of rotatable bonds is 6. The van der Waals surface area contributed by atoms with E-state index in [0.717, 1.165) is 0 Å². The van der Waals surface area contributed by atoms with Crippen molar-refractivity contribution in [3.63, 3.8) is 0 Å². The first-order valence-corrected chi connectivity index (χ1v) is 7.33. The van der Waals surface area contributed by atoms with Crippen molar-refractivity contribution in [1.29, 1.82) is 0 Å². The van der Waals surface area contributed by atoms with E-state index in [1.54, 1.807) is 20.8 Å². The van der Waals surface area contributed by atoms with Gasteiger partial charge >= 0.3 is 0 Å². The number of sulfone groups is 1. The fraction of sp³-hybridized carbons (Fsp3) is 1.00. The van der Waals surface area contributed by atoms with Crippen LogP contribution in [0.4, 0.5) is 0 Å². The smallest absolute Gasteiger partial charge is 0.156 e. The van der Waals surface area contributed by atoms with E-state index < -0.39 is 14.6 Å². The number of hydrogen-bond acceptors (Lipinski definition) is 4. The summed E-state index contributed by atoms with van der Waals surface area (Å²) >= 11 is 0. The largest absolute Gasteiger partial charge is 0.396 e. The standard InChI is InChI=1S/C11H25NO3S/c1-9(8-13)10(2)12-6-7-16(14,15)11(3,4)5/h9-10,12-13H,6-8H2,1-5H3. The van der Waals surface area contributed by atoms with Gasteiger partial charge in [0, 0.05) is 19.2 Å². The summed E-state index contributed by atoms with van der Waals surface area (Å²) in [5.74, 6) is 0.274. The molecule has 0 aromatic carbocycles. The van der Waals surface area contributed by atoms with Gasteiger partial charge in [0.2, 0.25) is 0 Å². The Morgan fingerprint density at radius 1 is 1.25 bits per heavy atom. The van der Waals surface area contributed by atoms with Crippen molar-refractivity contribution in [3.05, 3.63) is 0 Å². The van der Waals surface area contributed by atoms with Crippen LogP contribution in [0.15, 0.2) is 0 Å². The van der Waals surface area contributed by atoms with Crippen LogP contribution in [0.3, 0.4) is 0 Å². The van der Waals surface area contributed by atoms with Crippen molar-refractivity contribution in [1.82, 2.24) is 5.32 Å². The molecule has 0 radical (unpaired) electrons. The molecule has 5 heteroatoms. The van der Waals surface area contributed by atoms with E-state index in [2.05, 4.69) is 5.32 Å². The van der Waals surface area contributed by atoms with Gasteiger partial charge in [-0.15, -0.1) is 0 Å². The lowest BCUT2D eigenvalue weighted by Crippen LogP contribution is -2.40. The highest BCUT2D eigenvalue weighted by molar-refractivity contribution is 7.92. The molecule has 0 spiro atoms. The molecule has 0 aliphatic carbocycles. The number of aliphatic hydroxyl groups excluding tert-OH is 1. The second-order valence-electron chi connectivity index (χ2n) is 5.33. The molecule has 0 bridgehead atoms. The van der Waals surface area contributed by atoms with Crippen molar-refractivity contribution < 1.29 is 13.5 Å². The summed E-state index contributed by atoms with van der Waals surface area (Å²) in [7, 11) is -3.05. The van der Waals surface area contributed by atoms with Crippen molar-refractivity contribution >= 4 is 9.84 Å². The van der Waals surface area contributed by atoms with Gasteiger partial charge in [-0.25, -0.2) is 8.42 Å². The molecule has 0 aliphatic rings.